The molecule has 0 atom stereocenters. The molecule has 0 saturated heterocycles. The zero-order chi connectivity index (χ0) is 11.0. The molecule has 0 N–H and O–H groups in total. The summed E-state index contributed by atoms with van der Waals surface area (Å²) in [6, 6.07) is 0. The largest absolute Gasteiger partial charge is 0.294 e. The summed E-state index contributed by atoms with van der Waals surface area (Å²) in [7, 11) is 0. The fourth-order valence-electron chi connectivity index (χ4n) is 0.941. The molecule has 0 unspecified atom stereocenters. The van der Waals surface area contributed by atoms with Crippen LogP contribution in [0.3, 0.4) is 0 Å². The molecule has 0 aromatic rings. The number of aliphatic imine (C=N–C) groups is 1. The molecule has 14 heavy (non-hydrogen) atoms. The lowest BCUT2D eigenvalue weighted by atomic mass is 10.1. The molecular formula is C12H17NO. The van der Waals surface area contributed by atoms with Gasteiger partial charge in [-0.2, -0.15) is 0 Å². The van der Waals surface area contributed by atoms with Crippen molar-refractivity contribution in [3.8, 4) is 0 Å². The maximum Gasteiger partial charge on any atom is 0.161 e. The molecule has 0 fully saturated rings. The standard InChI is InChI=1S/C12H17NO/c1-5-7-8-12(11(4)14)10(3)13-9-6-2/h5-9H,1-4H3/b7-5-,9-6-,12-8+,13-10+. The summed E-state index contributed by atoms with van der Waals surface area (Å²) in [4.78, 5) is 15.4. The van der Waals surface area contributed by atoms with Crippen LogP contribution in [0.15, 0.2) is 41.1 Å². The molecule has 0 radical (unpaired) electrons. The number of rotatable bonds is 4. The van der Waals surface area contributed by atoms with Crippen LogP contribution in [0.2, 0.25) is 0 Å². The Morgan fingerprint density at radius 2 is 1.79 bits per heavy atom. The van der Waals surface area contributed by atoms with E-state index < -0.39 is 0 Å². The molecule has 76 valence electrons. The van der Waals surface area contributed by atoms with E-state index in [9.17, 15) is 4.79 Å². The van der Waals surface area contributed by atoms with Gasteiger partial charge in [0.2, 0.25) is 0 Å². The fraction of sp³-hybridized carbons (Fsp3) is 0.333. The molecule has 2 heteroatoms. The number of hydrogen-bond acceptors (Lipinski definition) is 2. The molecule has 2 nitrogen and oxygen atoms in total. The third kappa shape index (κ3) is 4.55. The van der Waals surface area contributed by atoms with Crippen molar-refractivity contribution in [1.82, 2.24) is 0 Å². The molecule has 0 aliphatic carbocycles. The molecule has 0 heterocycles. The minimum atomic E-state index is 0.0360. The van der Waals surface area contributed by atoms with Crippen LogP contribution in [0.1, 0.15) is 27.7 Å². The highest BCUT2D eigenvalue weighted by Crippen LogP contribution is 2.01. The van der Waals surface area contributed by atoms with Gasteiger partial charge in [-0.05, 0) is 33.8 Å². The first kappa shape index (κ1) is 12.6. The predicted octanol–water partition coefficient (Wildman–Crippen LogP) is 3.07. The Morgan fingerprint density at radius 3 is 2.21 bits per heavy atom. The van der Waals surface area contributed by atoms with Gasteiger partial charge >= 0.3 is 0 Å². The van der Waals surface area contributed by atoms with Gasteiger partial charge in [0.25, 0.3) is 0 Å². The van der Waals surface area contributed by atoms with Crippen LogP contribution in [-0.2, 0) is 4.79 Å². The second kappa shape index (κ2) is 7.01. The highest BCUT2D eigenvalue weighted by molar-refractivity contribution is 6.21. The second-order valence-corrected chi connectivity index (χ2v) is 2.86. The monoisotopic (exact) mass is 191 g/mol. The Labute approximate surface area is 85.7 Å². The Bertz CT molecular complexity index is 306. The van der Waals surface area contributed by atoms with Gasteiger partial charge in [-0.25, -0.2) is 0 Å². The lowest BCUT2D eigenvalue weighted by Crippen LogP contribution is -2.05. The van der Waals surface area contributed by atoms with Crippen molar-refractivity contribution in [3.63, 3.8) is 0 Å². The zero-order valence-corrected chi connectivity index (χ0v) is 9.24. The molecule has 0 rings (SSSR count). The number of nitrogens with zero attached hydrogens (tertiary/aromatic N) is 1. The first-order valence-corrected chi connectivity index (χ1v) is 4.63. The van der Waals surface area contributed by atoms with Gasteiger partial charge in [-0.1, -0.05) is 18.2 Å². The molecule has 0 bridgehead atoms. The summed E-state index contributed by atoms with van der Waals surface area (Å²) in [5, 5.41) is 0. The van der Waals surface area contributed by atoms with Gasteiger partial charge in [0.1, 0.15) is 0 Å². The summed E-state index contributed by atoms with van der Waals surface area (Å²) in [6.07, 6.45) is 9.01. The SMILES string of the molecule is C\C=C/C=C(C(C)=O)\C(C)=N\C=C/C. The Balaban J connectivity index is 4.93. The average Bonchev–Trinajstić information content (AvgIpc) is 2.14. The lowest BCUT2D eigenvalue weighted by molar-refractivity contribution is -0.113. The quantitative estimate of drug-likeness (QED) is 0.381. The third-order valence-electron chi connectivity index (χ3n) is 1.64. The fourth-order valence-corrected chi connectivity index (χ4v) is 0.941. The number of ketones is 1. The van der Waals surface area contributed by atoms with Crippen molar-refractivity contribution in [2.45, 2.75) is 27.7 Å². The minimum absolute atomic E-state index is 0.0360. The highest BCUT2D eigenvalue weighted by Gasteiger charge is 2.04. The number of carbonyl (C=O) groups excluding carboxylic acids is 1. The van der Waals surface area contributed by atoms with E-state index in [0.29, 0.717) is 5.57 Å². The number of allylic oxidation sites excluding steroid dienone is 5. The van der Waals surface area contributed by atoms with Crippen LogP contribution < -0.4 is 0 Å². The van der Waals surface area contributed by atoms with Crippen LogP contribution in [0, 0.1) is 0 Å². The smallest absolute Gasteiger partial charge is 0.161 e. The van der Waals surface area contributed by atoms with E-state index in [-0.39, 0.29) is 5.78 Å². The van der Waals surface area contributed by atoms with E-state index in [2.05, 4.69) is 4.99 Å². The highest BCUT2D eigenvalue weighted by atomic mass is 16.1. The molecule has 0 aromatic carbocycles. The molecule has 0 spiro atoms. The van der Waals surface area contributed by atoms with Gasteiger partial charge in [0, 0.05) is 17.5 Å². The first-order chi connectivity index (χ1) is 6.63. The van der Waals surface area contributed by atoms with E-state index >= 15 is 0 Å². The summed E-state index contributed by atoms with van der Waals surface area (Å²) < 4.78 is 0. The Hall–Kier alpha value is -1.44. The number of hydrogen-bond donors (Lipinski definition) is 0. The normalized spacial score (nSPS) is 14.3. The van der Waals surface area contributed by atoms with Crippen LogP contribution in [0.5, 0.6) is 0 Å². The summed E-state index contributed by atoms with van der Waals surface area (Å²) in [5.74, 6) is 0.0360. The van der Waals surface area contributed by atoms with Crippen LogP contribution in [-0.4, -0.2) is 11.5 Å². The molecule has 0 aliphatic heterocycles. The van der Waals surface area contributed by atoms with Gasteiger partial charge in [0.15, 0.2) is 5.78 Å². The van der Waals surface area contributed by atoms with Gasteiger partial charge in [-0.15, -0.1) is 0 Å². The third-order valence-corrected chi connectivity index (χ3v) is 1.64. The van der Waals surface area contributed by atoms with Crippen molar-refractivity contribution in [2.75, 3.05) is 0 Å². The van der Waals surface area contributed by atoms with Gasteiger partial charge in [-0.3, -0.25) is 9.79 Å². The summed E-state index contributed by atoms with van der Waals surface area (Å²) >= 11 is 0. The minimum Gasteiger partial charge on any atom is -0.294 e. The van der Waals surface area contributed by atoms with Gasteiger partial charge < -0.3 is 0 Å². The topological polar surface area (TPSA) is 29.4 Å². The van der Waals surface area contributed by atoms with E-state index in [4.69, 9.17) is 0 Å². The van der Waals surface area contributed by atoms with Crippen molar-refractivity contribution >= 4 is 11.5 Å². The van der Waals surface area contributed by atoms with E-state index in [1.54, 1.807) is 19.2 Å². The number of Topliss-reactive ketones (excluding diaryl/α,β-unsaturated/α-hetero) is 1. The lowest BCUT2D eigenvalue weighted by Gasteiger charge is -1.99. The molecule has 0 saturated carbocycles. The Morgan fingerprint density at radius 1 is 1.14 bits per heavy atom. The van der Waals surface area contributed by atoms with Crippen molar-refractivity contribution < 1.29 is 4.79 Å². The molecule has 0 aliphatic rings. The summed E-state index contributed by atoms with van der Waals surface area (Å²) in [6.45, 7) is 7.17. The second-order valence-electron chi connectivity index (χ2n) is 2.86. The molecular weight excluding hydrogens is 174 g/mol. The van der Waals surface area contributed by atoms with E-state index in [0.717, 1.165) is 5.71 Å². The first-order valence-electron chi connectivity index (χ1n) is 4.63. The zero-order valence-electron chi connectivity index (χ0n) is 9.24. The molecule has 0 amide bonds. The maximum atomic E-state index is 11.2. The van der Waals surface area contributed by atoms with Crippen LogP contribution in [0.25, 0.3) is 0 Å². The van der Waals surface area contributed by atoms with Crippen LogP contribution >= 0.6 is 0 Å². The number of carbonyl (C=O) groups is 1. The predicted molar refractivity (Wildman–Crippen MR) is 61.5 cm³/mol. The van der Waals surface area contributed by atoms with Crippen molar-refractivity contribution in [2.24, 2.45) is 4.99 Å². The average molecular weight is 191 g/mol. The van der Waals surface area contributed by atoms with E-state index in [1.807, 2.05) is 39.0 Å². The van der Waals surface area contributed by atoms with Crippen molar-refractivity contribution in [3.05, 3.63) is 36.1 Å². The van der Waals surface area contributed by atoms with E-state index in [1.165, 1.54) is 0 Å². The Kier molecular flexibility index (Phi) is 6.29. The van der Waals surface area contributed by atoms with Gasteiger partial charge in [0.05, 0.1) is 0 Å². The maximum absolute atomic E-state index is 11.2. The molecule has 0 aromatic heterocycles. The summed E-state index contributed by atoms with van der Waals surface area (Å²) in [5.41, 5.74) is 1.40. The van der Waals surface area contributed by atoms with Crippen LogP contribution in [0.4, 0.5) is 0 Å². The van der Waals surface area contributed by atoms with Crippen molar-refractivity contribution in [1.29, 1.82) is 0 Å².